The van der Waals surface area contributed by atoms with Crippen molar-refractivity contribution in [2.24, 2.45) is 5.41 Å². The number of rotatable bonds is 5. The number of pyridine rings is 3. The molecule has 3 N–H and O–H groups in total. The van der Waals surface area contributed by atoms with Gasteiger partial charge in [-0.3, -0.25) is 19.9 Å². The van der Waals surface area contributed by atoms with Crippen LogP contribution in [-0.4, -0.2) is 54.1 Å². The fourth-order valence-electron chi connectivity index (χ4n) is 5.00. The number of fused-ring (bicyclic) bond motifs is 2. The Balaban J connectivity index is 1.33. The van der Waals surface area contributed by atoms with Crippen molar-refractivity contribution in [1.82, 2.24) is 35.1 Å². The number of amides is 1. The van der Waals surface area contributed by atoms with Gasteiger partial charge >= 0.3 is 0 Å². The van der Waals surface area contributed by atoms with Gasteiger partial charge in [0.05, 0.1) is 35.0 Å². The van der Waals surface area contributed by atoms with Gasteiger partial charge in [0.15, 0.2) is 11.5 Å². The number of aromatic nitrogens is 7. The third kappa shape index (κ3) is 4.81. The third-order valence-electron chi connectivity index (χ3n) is 6.75. The van der Waals surface area contributed by atoms with E-state index in [-0.39, 0.29) is 11.3 Å². The highest BCUT2D eigenvalue weighted by Crippen LogP contribution is 2.32. The van der Waals surface area contributed by atoms with Crippen molar-refractivity contribution in [3.8, 4) is 22.8 Å². The Hall–Kier alpha value is -4.34. The fourth-order valence-corrected chi connectivity index (χ4v) is 5.00. The Morgan fingerprint density at radius 1 is 1.08 bits per heavy atom. The van der Waals surface area contributed by atoms with Crippen molar-refractivity contribution < 1.29 is 4.79 Å². The molecule has 0 spiro atoms. The maximum absolute atomic E-state index is 12.4. The second-order valence-electron chi connectivity index (χ2n) is 11.1. The predicted molar refractivity (Wildman–Crippen MR) is 149 cm³/mol. The van der Waals surface area contributed by atoms with Gasteiger partial charge in [-0.15, -0.1) is 0 Å². The molecule has 1 aliphatic rings. The molecule has 6 heterocycles. The van der Waals surface area contributed by atoms with Crippen molar-refractivity contribution >= 4 is 39.3 Å². The summed E-state index contributed by atoms with van der Waals surface area (Å²) < 4.78 is 0. The molecule has 38 heavy (non-hydrogen) atoms. The summed E-state index contributed by atoms with van der Waals surface area (Å²) in [5.41, 5.74) is 6.31. The largest absolute Gasteiger partial charge is 0.370 e. The van der Waals surface area contributed by atoms with Crippen LogP contribution in [0.15, 0.2) is 43.0 Å². The highest BCUT2D eigenvalue weighted by atomic mass is 16.1. The molecule has 0 unspecified atom stereocenters. The molecule has 0 aromatic carbocycles. The van der Waals surface area contributed by atoms with Crippen LogP contribution in [-0.2, 0) is 4.79 Å². The van der Waals surface area contributed by atoms with Crippen LogP contribution in [0.25, 0.3) is 44.8 Å². The summed E-state index contributed by atoms with van der Waals surface area (Å²) in [6.45, 7) is 8.19. The predicted octanol–water partition coefficient (Wildman–Crippen LogP) is 5.32. The van der Waals surface area contributed by atoms with Crippen molar-refractivity contribution in [1.29, 1.82) is 0 Å². The number of aromatic amines is 2. The molecule has 1 amide bonds. The molecule has 6 rings (SSSR count). The molecule has 10 heteroatoms. The van der Waals surface area contributed by atoms with Gasteiger partial charge < -0.3 is 15.2 Å². The topological polar surface area (TPSA) is 128 Å². The molecule has 0 atom stereocenters. The number of carbonyl (C=O) groups is 1. The average molecular weight is 510 g/mol. The monoisotopic (exact) mass is 509 g/mol. The molecular weight excluding hydrogens is 478 g/mol. The van der Waals surface area contributed by atoms with Crippen LogP contribution in [0, 0.1) is 5.41 Å². The quantitative estimate of drug-likeness (QED) is 0.292. The number of H-pyrrole nitrogens is 2. The minimum absolute atomic E-state index is 0.0422. The lowest BCUT2D eigenvalue weighted by molar-refractivity contribution is -0.117. The minimum Gasteiger partial charge on any atom is -0.370 e. The van der Waals surface area contributed by atoms with Gasteiger partial charge in [-0.05, 0) is 42.9 Å². The summed E-state index contributed by atoms with van der Waals surface area (Å²) in [5.74, 6) is 0.612. The van der Waals surface area contributed by atoms with Crippen LogP contribution < -0.4 is 10.2 Å². The van der Waals surface area contributed by atoms with Crippen molar-refractivity contribution in [2.75, 3.05) is 23.3 Å². The van der Waals surface area contributed by atoms with E-state index in [1.54, 1.807) is 18.6 Å². The zero-order valence-electron chi connectivity index (χ0n) is 21.9. The first-order valence-corrected chi connectivity index (χ1v) is 13.0. The SMILES string of the molecule is CC(C)(C)CC(=O)Nc1cncc(-c2cc3c(-c4nc5nccc(N6CCCCC6)c5[nH]4)n[nH]c3cn2)c1. The van der Waals surface area contributed by atoms with Crippen LogP contribution in [0.2, 0.25) is 0 Å². The summed E-state index contributed by atoms with van der Waals surface area (Å²) >= 11 is 0. The van der Waals surface area contributed by atoms with E-state index in [4.69, 9.17) is 4.98 Å². The van der Waals surface area contributed by atoms with Crippen LogP contribution in [0.4, 0.5) is 11.4 Å². The Labute approximate surface area is 220 Å². The molecule has 0 radical (unpaired) electrons. The molecular formula is C28H31N9O. The molecule has 1 aliphatic heterocycles. The maximum Gasteiger partial charge on any atom is 0.224 e. The van der Waals surface area contributed by atoms with Gasteiger partial charge in [-0.2, -0.15) is 5.10 Å². The lowest BCUT2D eigenvalue weighted by Crippen LogP contribution is -2.29. The first kappa shape index (κ1) is 24.0. The number of nitrogens with zero attached hydrogens (tertiary/aromatic N) is 6. The van der Waals surface area contributed by atoms with Gasteiger partial charge in [0.1, 0.15) is 11.2 Å². The molecule has 0 bridgehead atoms. The van der Waals surface area contributed by atoms with Gasteiger partial charge in [0.25, 0.3) is 0 Å². The van der Waals surface area contributed by atoms with E-state index in [1.807, 2.05) is 39.1 Å². The van der Waals surface area contributed by atoms with Crippen LogP contribution in [0.1, 0.15) is 46.5 Å². The minimum atomic E-state index is -0.0971. The number of imidazole rings is 1. The number of piperidine rings is 1. The summed E-state index contributed by atoms with van der Waals surface area (Å²) in [7, 11) is 0. The van der Waals surface area contributed by atoms with Crippen LogP contribution >= 0.6 is 0 Å². The second-order valence-corrected chi connectivity index (χ2v) is 11.1. The first-order chi connectivity index (χ1) is 18.3. The summed E-state index contributed by atoms with van der Waals surface area (Å²) in [6, 6.07) is 5.91. The van der Waals surface area contributed by atoms with E-state index in [9.17, 15) is 4.79 Å². The van der Waals surface area contributed by atoms with Crippen molar-refractivity contribution in [3.05, 3.63) is 43.0 Å². The summed E-state index contributed by atoms with van der Waals surface area (Å²) in [5, 5.41) is 11.5. The molecule has 10 nitrogen and oxygen atoms in total. The molecule has 1 fully saturated rings. The van der Waals surface area contributed by atoms with E-state index in [2.05, 4.69) is 46.4 Å². The highest BCUT2D eigenvalue weighted by Gasteiger charge is 2.20. The fraction of sp³-hybridized carbons (Fsp3) is 0.357. The molecule has 0 saturated carbocycles. The van der Waals surface area contributed by atoms with E-state index in [1.165, 1.54) is 19.3 Å². The van der Waals surface area contributed by atoms with E-state index < -0.39 is 0 Å². The zero-order valence-corrected chi connectivity index (χ0v) is 21.9. The second kappa shape index (κ2) is 9.51. The zero-order chi connectivity index (χ0) is 26.3. The third-order valence-corrected chi connectivity index (χ3v) is 6.75. The van der Waals surface area contributed by atoms with Crippen molar-refractivity contribution in [2.45, 2.75) is 46.5 Å². The van der Waals surface area contributed by atoms with Gasteiger partial charge in [0.2, 0.25) is 5.91 Å². The van der Waals surface area contributed by atoms with E-state index in [0.29, 0.717) is 29.3 Å². The number of hydrogen-bond donors (Lipinski definition) is 3. The molecule has 5 aromatic rings. The average Bonchev–Trinajstić information content (AvgIpc) is 3.51. The highest BCUT2D eigenvalue weighted by molar-refractivity contribution is 5.96. The maximum atomic E-state index is 12.4. The summed E-state index contributed by atoms with van der Waals surface area (Å²) in [4.78, 5) is 36.5. The Morgan fingerprint density at radius 3 is 2.74 bits per heavy atom. The first-order valence-electron chi connectivity index (χ1n) is 13.0. The summed E-state index contributed by atoms with van der Waals surface area (Å²) in [6.07, 6.45) is 11.0. The molecule has 0 aliphatic carbocycles. The number of hydrogen-bond acceptors (Lipinski definition) is 7. The lowest BCUT2D eigenvalue weighted by Gasteiger charge is -2.28. The normalized spacial score (nSPS) is 14.3. The number of anilines is 2. The number of nitrogens with one attached hydrogen (secondary N) is 3. The Kier molecular flexibility index (Phi) is 6.01. The van der Waals surface area contributed by atoms with Crippen molar-refractivity contribution in [3.63, 3.8) is 0 Å². The van der Waals surface area contributed by atoms with E-state index >= 15 is 0 Å². The van der Waals surface area contributed by atoms with Gasteiger partial charge in [-0.1, -0.05) is 20.8 Å². The van der Waals surface area contributed by atoms with Gasteiger partial charge in [0, 0.05) is 42.9 Å². The van der Waals surface area contributed by atoms with Gasteiger partial charge in [-0.25, -0.2) is 9.97 Å². The molecule has 5 aromatic heterocycles. The Bertz CT molecular complexity index is 1620. The molecule has 1 saturated heterocycles. The molecule has 194 valence electrons. The van der Waals surface area contributed by atoms with Crippen LogP contribution in [0.5, 0.6) is 0 Å². The Morgan fingerprint density at radius 2 is 1.92 bits per heavy atom. The standard InChI is InChI=1S/C28H31N9O/c1-28(2,3)13-23(38)32-18-11-17(14-29-15-18)20-12-19-21(16-31-20)35-36-24(19)27-33-25-22(7-8-30-26(25)34-27)37-9-5-4-6-10-37/h7-8,11-12,14-16H,4-6,9-10,13H2,1-3H3,(H,32,38)(H,35,36)(H,30,33,34). The van der Waals surface area contributed by atoms with E-state index in [0.717, 1.165) is 46.5 Å². The lowest BCUT2D eigenvalue weighted by atomic mass is 9.92. The van der Waals surface area contributed by atoms with Crippen LogP contribution in [0.3, 0.4) is 0 Å². The number of carbonyl (C=O) groups excluding carboxylic acids is 1. The smallest absolute Gasteiger partial charge is 0.224 e.